The lowest BCUT2D eigenvalue weighted by Crippen LogP contribution is -2.36. The molecular weight excluding hydrogens is 377 g/mol. The van der Waals surface area contributed by atoms with E-state index in [9.17, 15) is 4.39 Å². The number of hydrogen-bond donors (Lipinski definition) is 0. The van der Waals surface area contributed by atoms with Crippen LogP contribution in [-0.4, -0.2) is 41.2 Å². The molecule has 0 saturated carbocycles. The fraction of sp³-hybridized carbons (Fsp3) is 0.429. The summed E-state index contributed by atoms with van der Waals surface area (Å²) in [6, 6.07) is 6.10. The molecule has 5 nitrogen and oxygen atoms in total. The van der Waals surface area contributed by atoms with Crippen LogP contribution in [0.4, 0.5) is 4.39 Å². The highest BCUT2D eigenvalue weighted by atomic mass is 32.1. The number of thiophene rings is 1. The molecule has 0 atom stereocenters. The van der Waals surface area contributed by atoms with Crippen molar-refractivity contribution in [3.8, 4) is 11.6 Å². The Hall–Kier alpha value is -2.09. The highest BCUT2D eigenvalue weighted by molar-refractivity contribution is 7.18. The van der Waals surface area contributed by atoms with Crippen molar-refractivity contribution >= 4 is 21.6 Å². The van der Waals surface area contributed by atoms with E-state index in [2.05, 4.69) is 4.90 Å². The van der Waals surface area contributed by atoms with Gasteiger partial charge in [-0.15, -0.1) is 11.3 Å². The molecule has 0 amide bonds. The van der Waals surface area contributed by atoms with Gasteiger partial charge in [-0.25, -0.2) is 9.37 Å². The summed E-state index contributed by atoms with van der Waals surface area (Å²) in [5.41, 5.74) is 1.33. The van der Waals surface area contributed by atoms with Crippen LogP contribution in [0.2, 0.25) is 0 Å². The summed E-state index contributed by atoms with van der Waals surface area (Å²) in [7, 11) is 0. The summed E-state index contributed by atoms with van der Waals surface area (Å²) < 4.78 is 24.9. The zero-order valence-corrected chi connectivity index (χ0v) is 16.4. The maximum Gasteiger partial charge on any atom is 0.231 e. The van der Waals surface area contributed by atoms with E-state index in [1.165, 1.54) is 35.4 Å². The molecule has 0 N–H and O–H groups in total. The first kappa shape index (κ1) is 18.0. The number of fused-ring (bicyclic) bond motifs is 3. The molecule has 1 saturated heterocycles. The molecule has 0 bridgehead atoms. The Morgan fingerprint density at radius 2 is 1.86 bits per heavy atom. The average Bonchev–Trinajstić information content (AvgIpc) is 3.09. The van der Waals surface area contributed by atoms with Crippen LogP contribution in [0, 0.1) is 5.82 Å². The van der Waals surface area contributed by atoms with Crippen molar-refractivity contribution in [2.24, 2.45) is 0 Å². The quantitative estimate of drug-likeness (QED) is 0.653. The molecular formula is C21H22FN3O2S. The highest BCUT2D eigenvalue weighted by Crippen LogP contribution is 2.40. The van der Waals surface area contributed by atoms with E-state index in [1.807, 2.05) is 0 Å². The van der Waals surface area contributed by atoms with Gasteiger partial charge in [-0.05, 0) is 55.5 Å². The molecule has 146 valence electrons. The van der Waals surface area contributed by atoms with Gasteiger partial charge in [0.15, 0.2) is 0 Å². The standard InChI is InChI=1S/C21H22FN3O2S/c22-14-5-7-15(8-6-14)27-20-19-16-3-1-2-4-17(16)28-21(19)24-18(23-20)13-25-9-11-26-12-10-25/h5-8H,1-4,9-13H2. The number of rotatable bonds is 4. The fourth-order valence-corrected chi connectivity index (χ4v) is 5.15. The third-order valence-corrected chi connectivity index (χ3v) is 6.51. The summed E-state index contributed by atoms with van der Waals surface area (Å²) >= 11 is 1.77. The number of ether oxygens (including phenoxy) is 2. The van der Waals surface area contributed by atoms with Crippen LogP contribution in [0.25, 0.3) is 10.2 Å². The van der Waals surface area contributed by atoms with Gasteiger partial charge >= 0.3 is 0 Å². The minimum Gasteiger partial charge on any atom is -0.438 e. The van der Waals surface area contributed by atoms with Crippen molar-refractivity contribution < 1.29 is 13.9 Å². The van der Waals surface area contributed by atoms with Gasteiger partial charge in [0.1, 0.15) is 22.2 Å². The first-order chi connectivity index (χ1) is 13.8. The number of morpholine rings is 1. The van der Waals surface area contributed by atoms with E-state index >= 15 is 0 Å². The summed E-state index contributed by atoms with van der Waals surface area (Å²) in [6.45, 7) is 3.94. The van der Waals surface area contributed by atoms with Crippen LogP contribution >= 0.6 is 11.3 Å². The minimum absolute atomic E-state index is 0.277. The van der Waals surface area contributed by atoms with Crippen molar-refractivity contribution in [3.05, 3.63) is 46.3 Å². The van der Waals surface area contributed by atoms with Crippen molar-refractivity contribution in [3.63, 3.8) is 0 Å². The number of benzene rings is 1. The molecule has 2 aliphatic rings. The maximum atomic E-state index is 13.3. The Bertz CT molecular complexity index is 983. The Morgan fingerprint density at radius 1 is 1.07 bits per heavy atom. The van der Waals surface area contributed by atoms with Gasteiger partial charge in [0, 0.05) is 18.0 Å². The lowest BCUT2D eigenvalue weighted by Gasteiger charge is -2.25. The second-order valence-electron chi connectivity index (χ2n) is 7.28. The Labute approximate surface area is 167 Å². The van der Waals surface area contributed by atoms with Crippen molar-refractivity contribution in [1.82, 2.24) is 14.9 Å². The first-order valence-corrected chi connectivity index (χ1v) is 10.6. The third-order valence-electron chi connectivity index (χ3n) is 5.32. The number of hydrogen-bond acceptors (Lipinski definition) is 6. The summed E-state index contributed by atoms with van der Waals surface area (Å²) in [5.74, 6) is 1.68. The molecule has 1 aliphatic heterocycles. The van der Waals surface area contributed by atoms with Crippen molar-refractivity contribution in [1.29, 1.82) is 0 Å². The molecule has 1 fully saturated rings. The van der Waals surface area contributed by atoms with Crippen LogP contribution in [-0.2, 0) is 24.1 Å². The topological polar surface area (TPSA) is 47.5 Å². The van der Waals surface area contributed by atoms with E-state index in [4.69, 9.17) is 19.4 Å². The largest absolute Gasteiger partial charge is 0.438 e. The Morgan fingerprint density at radius 3 is 2.68 bits per heavy atom. The number of aryl methyl sites for hydroxylation is 2. The monoisotopic (exact) mass is 399 g/mol. The van der Waals surface area contributed by atoms with E-state index < -0.39 is 0 Å². The number of nitrogens with zero attached hydrogens (tertiary/aromatic N) is 3. The van der Waals surface area contributed by atoms with E-state index in [1.54, 1.807) is 23.5 Å². The lowest BCUT2D eigenvalue weighted by atomic mass is 9.97. The number of halogens is 1. The molecule has 0 spiro atoms. The molecule has 0 unspecified atom stereocenters. The van der Waals surface area contributed by atoms with Gasteiger partial charge in [0.2, 0.25) is 5.88 Å². The molecule has 3 heterocycles. The zero-order chi connectivity index (χ0) is 18.9. The van der Waals surface area contributed by atoms with Crippen molar-refractivity contribution in [2.45, 2.75) is 32.2 Å². The predicted octanol–water partition coefficient (Wildman–Crippen LogP) is 4.33. The van der Waals surface area contributed by atoms with Crippen LogP contribution in [0.15, 0.2) is 24.3 Å². The van der Waals surface area contributed by atoms with Gasteiger partial charge in [-0.2, -0.15) is 4.98 Å². The summed E-state index contributed by atoms with van der Waals surface area (Å²) in [5, 5.41) is 1.04. The Kier molecular flexibility index (Phi) is 4.96. The molecule has 0 radical (unpaired) electrons. The maximum absolute atomic E-state index is 13.3. The first-order valence-electron chi connectivity index (χ1n) is 9.81. The van der Waals surface area contributed by atoms with Crippen LogP contribution in [0.3, 0.4) is 0 Å². The van der Waals surface area contributed by atoms with Crippen LogP contribution in [0.5, 0.6) is 11.6 Å². The predicted molar refractivity (Wildman–Crippen MR) is 107 cm³/mol. The second-order valence-corrected chi connectivity index (χ2v) is 8.36. The molecule has 7 heteroatoms. The normalized spacial score (nSPS) is 17.6. The molecule has 1 aliphatic carbocycles. The lowest BCUT2D eigenvalue weighted by molar-refractivity contribution is 0.0330. The van der Waals surface area contributed by atoms with Gasteiger partial charge in [0.25, 0.3) is 0 Å². The van der Waals surface area contributed by atoms with E-state index in [0.717, 1.165) is 55.2 Å². The summed E-state index contributed by atoms with van der Waals surface area (Å²) in [4.78, 5) is 14.4. The Balaban J connectivity index is 1.55. The van der Waals surface area contributed by atoms with Crippen molar-refractivity contribution in [2.75, 3.05) is 26.3 Å². The molecule has 28 heavy (non-hydrogen) atoms. The third kappa shape index (κ3) is 3.62. The fourth-order valence-electron chi connectivity index (χ4n) is 3.88. The zero-order valence-electron chi connectivity index (χ0n) is 15.6. The average molecular weight is 399 g/mol. The van der Waals surface area contributed by atoms with Crippen LogP contribution < -0.4 is 4.74 Å². The van der Waals surface area contributed by atoms with Crippen LogP contribution in [0.1, 0.15) is 29.1 Å². The molecule has 3 aromatic rings. The van der Waals surface area contributed by atoms with E-state index in [0.29, 0.717) is 18.2 Å². The van der Waals surface area contributed by atoms with Gasteiger partial charge in [-0.3, -0.25) is 4.90 Å². The van der Waals surface area contributed by atoms with E-state index in [-0.39, 0.29) is 5.82 Å². The molecule has 1 aromatic carbocycles. The summed E-state index contributed by atoms with van der Waals surface area (Å²) in [6.07, 6.45) is 4.55. The molecule has 2 aromatic heterocycles. The second kappa shape index (κ2) is 7.73. The number of aromatic nitrogens is 2. The highest BCUT2D eigenvalue weighted by Gasteiger charge is 2.23. The van der Waals surface area contributed by atoms with Gasteiger partial charge in [-0.1, -0.05) is 0 Å². The smallest absolute Gasteiger partial charge is 0.231 e. The van der Waals surface area contributed by atoms with Gasteiger partial charge < -0.3 is 9.47 Å². The minimum atomic E-state index is -0.277. The SMILES string of the molecule is Fc1ccc(Oc2nc(CN3CCOCC3)nc3sc4c(c23)CCCC4)cc1. The van der Waals surface area contributed by atoms with Gasteiger partial charge in [0.05, 0.1) is 25.1 Å². The molecule has 5 rings (SSSR count).